The zero-order chi connectivity index (χ0) is 20.3. The number of nitrogens with zero attached hydrogens (tertiary/aromatic N) is 2. The van der Waals surface area contributed by atoms with Gasteiger partial charge in [-0.2, -0.15) is 0 Å². The zero-order valence-electron chi connectivity index (χ0n) is 15.1. The standard InChI is InChI=1S/C18H18N4O5S/c1-22-16(19)15(17(25)21-18(22)26)11(23)9-27-14(24)8-4-7-13-20-10-5-2-3-6-12(10)28-13/h2-3,5-6H,4,7-9,19H2,1H3,(H,21,25,26). The summed E-state index contributed by atoms with van der Waals surface area (Å²) in [6.45, 7) is -0.620. The van der Waals surface area contributed by atoms with E-state index in [1.807, 2.05) is 29.2 Å². The van der Waals surface area contributed by atoms with Gasteiger partial charge in [-0.1, -0.05) is 12.1 Å². The fourth-order valence-electron chi connectivity index (χ4n) is 2.61. The smallest absolute Gasteiger partial charge is 0.329 e. The fraction of sp³-hybridized carbons (Fsp3) is 0.278. The van der Waals surface area contributed by atoms with Crippen molar-refractivity contribution < 1.29 is 14.3 Å². The predicted octanol–water partition coefficient (Wildman–Crippen LogP) is 1.01. The van der Waals surface area contributed by atoms with Crippen molar-refractivity contribution in [1.29, 1.82) is 0 Å². The van der Waals surface area contributed by atoms with Crippen LogP contribution < -0.4 is 17.0 Å². The van der Waals surface area contributed by atoms with Crippen molar-refractivity contribution in [3.63, 3.8) is 0 Å². The number of ether oxygens (including phenoxy) is 1. The molecule has 0 saturated carbocycles. The first-order chi connectivity index (χ1) is 13.4. The summed E-state index contributed by atoms with van der Waals surface area (Å²) in [5.74, 6) is -1.60. The van der Waals surface area contributed by atoms with Gasteiger partial charge >= 0.3 is 11.7 Å². The van der Waals surface area contributed by atoms with Gasteiger partial charge in [0.05, 0.1) is 15.2 Å². The molecule has 0 amide bonds. The Bertz CT molecular complexity index is 1130. The van der Waals surface area contributed by atoms with Crippen molar-refractivity contribution in [3.05, 3.63) is 55.7 Å². The number of ketones is 1. The second-order valence-corrected chi connectivity index (χ2v) is 7.21. The molecule has 28 heavy (non-hydrogen) atoms. The number of nitrogens with two attached hydrogens (primary N) is 1. The molecule has 3 aromatic rings. The number of fused-ring (bicyclic) bond motifs is 1. The highest BCUT2D eigenvalue weighted by Gasteiger charge is 2.19. The number of nitrogens with one attached hydrogen (secondary N) is 1. The van der Waals surface area contributed by atoms with E-state index in [0.29, 0.717) is 12.8 Å². The first-order valence-electron chi connectivity index (χ1n) is 8.49. The molecule has 0 saturated heterocycles. The van der Waals surface area contributed by atoms with Gasteiger partial charge in [-0.15, -0.1) is 11.3 Å². The lowest BCUT2D eigenvalue weighted by atomic mass is 10.2. The number of hydrogen-bond donors (Lipinski definition) is 2. The molecule has 0 fully saturated rings. The van der Waals surface area contributed by atoms with Crippen LogP contribution >= 0.6 is 11.3 Å². The van der Waals surface area contributed by atoms with Crippen molar-refractivity contribution in [2.45, 2.75) is 19.3 Å². The molecule has 3 rings (SSSR count). The molecule has 0 radical (unpaired) electrons. The lowest BCUT2D eigenvalue weighted by Crippen LogP contribution is -2.35. The number of carbonyl (C=O) groups is 2. The van der Waals surface area contributed by atoms with Gasteiger partial charge in [0.25, 0.3) is 5.56 Å². The summed E-state index contributed by atoms with van der Waals surface area (Å²) >= 11 is 1.57. The van der Waals surface area contributed by atoms with E-state index in [9.17, 15) is 19.2 Å². The van der Waals surface area contributed by atoms with E-state index in [-0.39, 0.29) is 12.2 Å². The molecule has 146 valence electrons. The zero-order valence-corrected chi connectivity index (χ0v) is 15.9. The Kier molecular flexibility index (Phi) is 5.69. The summed E-state index contributed by atoms with van der Waals surface area (Å²) in [5.41, 5.74) is 4.54. The van der Waals surface area contributed by atoms with E-state index in [1.165, 1.54) is 7.05 Å². The molecule has 0 aliphatic carbocycles. The lowest BCUT2D eigenvalue weighted by molar-refractivity contribution is -0.142. The molecule has 0 aliphatic heterocycles. The monoisotopic (exact) mass is 402 g/mol. The molecule has 0 atom stereocenters. The normalized spacial score (nSPS) is 10.9. The molecular formula is C18H18N4O5S. The van der Waals surface area contributed by atoms with Crippen LogP contribution in [-0.4, -0.2) is 32.9 Å². The number of H-pyrrole nitrogens is 1. The summed E-state index contributed by atoms with van der Waals surface area (Å²) < 4.78 is 6.96. The number of rotatable bonds is 7. The molecule has 3 N–H and O–H groups in total. The first kappa shape index (κ1) is 19.5. The predicted molar refractivity (Wildman–Crippen MR) is 105 cm³/mol. The number of aryl methyl sites for hydroxylation is 1. The Morgan fingerprint density at radius 2 is 2.04 bits per heavy atom. The maximum atomic E-state index is 12.1. The molecule has 0 spiro atoms. The van der Waals surface area contributed by atoms with Crippen molar-refractivity contribution >= 4 is 39.1 Å². The quantitative estimate of drug-likeness (QED) is 0.444. The number of esters is 1. The third kappa shape index (κ3) is 4.17. The summed E-state index contributed by atoms with van der Waals surface area (Å²) in [6, 6.07) is 7.79. The number of thiazole rings is 1. The topological polar surface area (TPSA) is 137 Å². The second-order valence-electron chi connectivity index (χ2n) is 6.09. The van der Waals surface area contributed by atoms with Gasteiger partial charge in [-0.3, -0.25) is 23.9 Å². The van der Waals surface area contributed by atoms with Crippen LogP contribution in [0.2, 0.25) is 0 Å². The van der Waals surface area contributed by atoms with Crippen LogP contribution in [0, 0.1) is 0 Å². The molecule has 2 heterocycles. The third-order valence-corrected chi connectivity index (χ3v) is 5.22. The summed E-state index contributed by atoms with van der Waals surface area (Å²) in [6.07, 6.45) is 1.26. The number of carbonyl (C=O) groups excluding carboxylic acids is 2. The molecule has 2 aromatic heterocycles. The molecule has 0 bridgehead atoms. The summed E-state index contributed by atoms with van der Waals surface area (Å²) in [4.78, 5) is 53.7. The number of anilines is 1. The number of aromatic amines is 1. The van der Waals surface area contributed by atoms with Crippen molar-refractivity contribution in [2.24, 2.45) is 7.05 Å². The molecular weight excluding hydrogens is 384 g/mol. The highest BCUT2D eigenvalue weighted by Crippen LogP contribution is 2.22. The fourth-order valence-corrected chi connectivity index (χ4v) is 3.62. The number of para-hydroxylation sites is 1. The molecule has 0 unspecified atom stereocenters. The van der Waals surface area contributed by atoms with E-state index in [1.54, 1.807) is 11.3 Å². The number of nitrogen functional groups attached to an aromatic ring is 1. The Balaban J connectivity index is 1.52. The molecule has 10 heteroatoms. The van der Waals surface area contributed by atoms with Gasteiger partial charge < -0.3 is 10.5 Å². The van der Waals surface area contributed by atoms with E-state index in [4.69, 9.17) is 10.5 Å². The van der Waals surface area contributed by atoms with Gasteiger partial charge in [-0.05, 0) is 25.0 Å². The van der Waals surface area contributed by atoms with Crippen LogP contribution in [0.3, 0.4) is 0 Å². The SMILES string of the molecule is Cn1c(N)c(C(=O)COC(=O)CCCc2nc3ccccc3s2)c(=O)[nH]c1=O. The largest absolute Gasteiger partial charge is 0.457 e. The minimum absolute atomic E-state index is 0.113. The number of hydrogen-bond acceptors (Lipinski definition) is 8. The van der Waals surface area contributed by atoms with Gasteiger partial charge in [0.15, 0.2) is 6.61 Å². The van der Waals surface area contributed by atoms with Crippen molar-refractivity contribution in [3.8, 4) is 0 Å². The highest BCUT2D eigenvalue weighted by molar-refractivity contribution is 7.18. The van der Waals surface area contributed by atoms with E-state index < -0.39 is 35.2 Å². The van der Waals surface area contributed by atoms with Crippen LogP contribution in [0.5, 0.6) is 0 Å². The maximum Gasteiger partial charge on any atom is 0.329 e. The Morgan fingerprint density at radius 1 is 1.29 bits per heavy atom. The Labute approximate surface area is 162 Å². The van der Waals surface area contributed by atoms with Crippen molar-refractivity contribution in [2.75, 3.05) is 12.3 Å². The molecule has 9 nitrogen and oxygen atoms in total. The van der Waals surface area contributed by atoms with Crippen molar-refractivity contribution in [1.82, 2.24) is 14.5 Å². The van der Waals surface area contributed by atoms with E-state index in [0.717, 1.165) is 19.8 Å². The van der Waals surface area contributed by atoms with Gasteiger partial charge in [0.1, 0.15) is 11.4 Å². The van der Waals surface area contributed by atoms with E-state index >= 15 is 0 Å². The average molecular weight is 402 g/mol. The van der Waals surface area contributed by atoms with Crippen LogP contribution in [-0.2, 0) is 23.0 Å². The Hall–Kier alpha value is -3.27. The molecule has 0 aliphatic rings. The van der Waals surface area contributed by atoms with Gasteiger partial charge in [0, 0.05) is 13.5 Å². The number of benzene rings is 1. The number of aromatic nitrogens is 3. The van der Waals surface area contributed by atoms with Crippen LogP contribution in [0.15, 0.2) is 33.9 Å². The first-order valence-corrected chi connectivity index (χ1v) is 9.30. The minimum atomic E-state index is -0.905. The van der Waals surface area contributed by atoms with Crippen LogP contribution in [0.4, 0.5) is 5.82 Å². The molecule has 1 aromatic carbocycles. The summed E-state index contributed by atoms with van der Waals surface area (Å²) in [7, 11) is 1.32. The van der Waals surface area contributed by atoms with E-state index in [2.05, 4.69) is 4.98 Å². The summed E-state index contributed by atoms with van der Waals surface area (Å²) in [5, 5.41) is 0.926. The van der Waals surface area contributed by atoms with Gasteiger partial charge in [0.2, 0.25) is 5.78 Å². The Morgan fingerprint density at radius 3 is 2.79 bits per heavy atom. The van der Waals surface area contributed by atoms with Crippen LogP contribution in [0.25, 0.3) is 10.2 Å². The lowest BCUT2D eigenvalue weighted by Gasteiger charge is -2.08. The average Bonchev–Trinajstić information content (AvgIpc) is 3.07. The maximum absolute atomic E-state index is 12.1. The third-order valence-electron chi connectivity index (χ3n) is 4.12. The second kappa shape index (κ2) is 8.17. The number of Topliss-reactive ketones (excluding diaryl/α,β-unsaturated/α-hetero) is 1. The minimum Gasteiger partial charge on any atom is -0.457 e. The van der Waals surface area contributed by atoms with Gasteiger partial charge in [-0.25, -0.2) is 9.78 Å². The van der Waals surface area contributed by atoms with Crippen LogP contribution in [0.1, 0.15) is 28.2 Å². The highest BCUT2D eigenvalue weighted by atomic mass is 32.1.